The van der Waals surface area contributed by atoms with Crippen molar-refractivity contribution >= 4 is 28.5 Å². The summed E-state index contributed by atoms with van der Waals surface area (Å²) >= 11 is 0. The van der Waals surface area contributed by atoms with Crippen LogP contribution >= 0.6 is 0 Å². The lowest BCUT2D eigenvalue weighted by atomic mass is 9.77. The molecule has 1 saturated heterocycles. The van der Waals surface area contributed by atoms with Crippen molar-refractivity contribution in [3.8, 4) is 0 Å². The summed E-state index contributed by atoms with van der Waals surface area (Å²) in [6.07, 6.45) is 3.71. The summed E-state index contributed by atoms with van der Waals surface area (Å²) in [6, 6.07) is 11.1. The van der Waals surface area contributed by atoms with Crippen LogP contribution in [-0.2, 0) is 4.79 Å². The third-order valence-electron chi connectivity index (χ3n) is 7.05. The molecule has 5 nitrogen and oxygen atoms in total. The number of anilines is 3. The number of fused-ring (bicyclic) bond motifs is 1. The third kappa shape index (κ3) is 4.11. The van der Waals surface area contributed by atoms with E-state index in [9.17, 15) is 9.18 Å². The summed E-state index contributed by atoms with van der Waals surface area (Å²) in [5.74, 6) is -0.714. The van der Waals surface area contributed by atoms with Crippen molar-refractivity contribution in [3.05, 3.63) is 59.5 Å². The molecule has 3 N–H and O–H groups in total. The number of carbonyl (C=O) groups excluding carboxylic acids is 1. The Bertz CT molecular complexity index is 1070. The van der Waals surface area contributed by atoms with Crippen LogP contribution in [0.1, 0.15) is 51.7 Å². The van der Waals surface area contributed by atoms with E-state index >= 15 is 0 Å². The fourth-order valence-electron chi connectivity index (χ4n) is 5.11. The zero-order valence-corrected chi connectivity index (χ0v) is 19.8. The van der Waals surface area contributed by atoms with Crippen LogP contribution in [0.3, 0.4) is 0 Å². The highest BCUT2D eigenvalue weighted by molar-refractivity contribution is 6.31. The highest BCUT2D eigenvalue weighted by Gasteiger charge is 2.43. The van der Waals surface area contributed by atoms with Crippen molar-refractivity contribution < 1.29 is 9.18 Å². The van der Waals surface area contributed by atoms with Gasteiger partial charge in [-0.3, -0.25) is 9.69 Å². The molecule has 2 aromatic rings. The predicted molar refractivity (Wildman–Crippen MR) is 130 cm³/mol. The molecule has 32 heavy (non-hydrogen) atoms. The first kappa shape index (κ1) is 22.3. The van der Waals surface area contributed by atoms with E-state index in [4.69, 9.17) is 0 Å². The first-order valence-corrected chi connectivity index (χ1v) is 11.2. The Labute approximate surface area is 190 Å². The molecule has 0 bridgehead atoms. The third-order valence-corrected chi connectivity index (χ3v) is 7.05. The van der Waals surface area contributed by atoms with Crippen LogP contribution in [-0.4, -0.2) is 35.0 Å². The van der Waals surface area contributed by atoms with Gasteiger partial charge in [0.15, 0.2) is 0 Å². The quantitative estimate of drug-likeness (QED) is 0.546. The molecule has 0 aromatic heterocycles. The Morgan fingerprint density at radius 2 is 1.81 bits per heavy atom. The molecule has 2 heterocycles. The lowest BCUT2D eigenvalue weighted by Gasteiger charge is -2.54. The zero-order valence-electron chi connectivity index (χ0n) is 19.8. The van der Waals surface area contributed by atoms with Gasteiger partial charge < -0.3 is 16.0 Å². The number of piperidine rings is 1. The monoisotopic (exact) mass is 436 g/mol. The molecule has 1 fully saturated rings. The molecular weight excluding hydrogens is 403 g/mol. The van der Waals surface area contributed by atoms with E-state index in [0.717, 1.165) is 29.8 Å². The summed E-state index contributed by atoms with van der Waals surface area (Å²) in [6.45, 7) is 11.3. The van der Waals surface area contributed by atoms with Crippen molar-refractivity contribution in [1.29, 1.82) is 0 Å². The standard InChI is InChI=1S/C26H33FN4O/c1-16-12-17(28-15-19-23-20(27)8-7-9-22(23)30-24(19)32)10-11-21(16)29-18-13-25(2,3)31(6)26(4,5)14-18/h7-12,15,18,28-29H,13-14H2,1-6H3,(H,30,32)/b19-15-. The molecular formula is C26H33FN4O. The molecule has 0 radical (unpaired) electrons. The van der Waals surface area contributed by atoms with Gasteiger partial charge in [0.1, 0.15) is 5.82 Å². The summed E-state index contributed by atoms with van der Waals surface area (Å²) in [4.78, 5) is 14.8. The molecule has 170 valence electrons. The van der Waals surface area contributed by atoms with Crippen LogP contribution < -0.4 is 16.0 Å². The lowest BCUT2D eigenvalue weighted by molar-refractivity contribution is -0.110. The normalized spacial score (nSPS) is 21.3. The number of amides is 1. The van der Waals surface area contributed by atoms with Gasteiger partial charge in [-0.15, -0.1) is 0 Å². The SMILES string of the molecule is Cc1cc(N/C=C2\C(=O)Nc3cccc(F)c32)ccc1NC1CC(C)(C)N(C)C(C)(C)C1. The average molecular weight is 437 g/mol. The minimum absolute atomic E-state index is 0.119. The molecule has 0 aliphatic carbocycles. The number of hydrogen-bond donors (Lipinski definition) is 3. The number of nitrogens with zero attached hydrogens (tertiary/aromatic N) is 1. The summed E-state index contributed by atoms with van der Waals surface area (Å²) < 4.78 is 14.2. The number of likely N-dealkylation sites (tertiary alicyclic amines) is 1. The largest absolute Gasteiger partial charge is 0.382 e. The topological polar surface area (TPSA) is 56.4 Å². The van der Waals surface area contributed by atoms with Crippen LogP contribution in [0, 0.1) is 12.7 Å². The number of carbonyl (C=O) groups is 1. The first-order chi connectivity index (χ1) is 15.0. The van der Waals surface area contributed by atoms with E-state index in [1.165, 1.54) is 6.07 Å². The van der Waals surface area contributed by atoms with Gasteiger partial charge in [-0.1, -0.05) is 6.07 Å². The Hall–Kier alpha value is -2.86. The fourth-order valence-corrected chi connectivity index (χ4v) is 5.11. The van der Waals surface area contributed by atoms with Gasteiger partial charge in [0.25, 0.3) is 5.91 Å². The van der Waals surface area contributed by atoms with E-state index in [0.29, 0.717) is 22.9 Å². The van der Waals surface area contributed by atoms with Gasteiger partial charge in [-0.25, -0.2) is 4.39 Å². The van der Waals surface area contributed by atoms with E-state index < -0.39 is 5.82 Å². The lowest BCUT2D eigenvalue weighted by Crippen LogP contribution is -2.61. The Morgan fingerprint density at radius 1 is 1.12 bits per heavy atom. The molecule has 0 spiro atoms. The van der Waals surface area contributed by atoms with E-state index in [-0.39, 0.29) is 17.0 Å². The van der Waals surface area contributed by atoms with Gasteiger partial charge in [0, 0.05) is 40.3 Å². The zero-order chi connectivity index (χ0) is 23.3. The van der Waals surface area contributed by atoms with Crippen LogP contribution in [0.25, 0.3) is 5.57 Å². The molecule has 2 aliphatic rings. The minimum Gasteiger partial charge on any atom is -0.382 e. The highest BCUT2D eigenvalue weighted by atomic mass is 19.1. The average Bonchev–Trinajstić information content (AvgIpc) is 3.02. The maximum Gasteiger partial charge on any atom is 0.257 e. The molecule has 0 atom stereocenters. The Balaban J connectivity index is 1.49. The number of nitrogens with one attached hydrogen (secondary N) is 3. The second-order valence-corrected chi connectivity index (χ2v) is 10.3. The summed E-state index contributed by atoms with van der Waals surface area (Å²) in [7, 11) is 2.21. The Morgan fingerprint density at radius 3 is 2.47 bits per heavy atom. The number of halogens is 1. The molecule has 0 saturated carbocycles. The molecule has 4 rings (SSSR count). The summed E-state index contributed by atoms with van der Waals surface area (Å²) in [5, 5.41) is 9.62. The van der Waals surface area contributed by atoms with Gasteiger partial charge in [-0.2, -0.15) is 0 Å². The van der Waals surface area contributed by atoms with Crippen LogP contribution in [0.4, 0.5) is 21.5 Å². The van der Waals surface area contributed by atoms with Crippen LogP contribution in [0.5, 0.6) is 0 Å². The van der Waals surface area contributed by atoms with E-state index in [1.807, 2.05) is 12.1 Å². The second-order valence-electron chi connectivity index (χ2n) is 10.3. The van der Waals surface area contributed by atoms with Crippen molar-refractivity contribution in [3.63, 3.8) is 0 Å². The molecule has 0 unspecified atom stereocenters. The minimum atomic E-state index is -0.409. The fraction of sp³-hybridized carbons (Fsp3) is 0.423. The van der Waals surface area contributed by atoms with E-state index in [1.54, 1.807) is 18.3 Å². The maximum atomic E-state index is 14.2. The molecule has 1 amide bonds. The number of aryl methyl sites for hydroxylation is 1. The predicted octanol–water partition coefficient (Wildman–Crippen LogP) is 5.60. The molecule has 2 aromatic carbocycles. The maximum absolute atomic E-state index is 14.2. The van der Waals surface area contributed by atoms with Crippen LogP contribution in [0.15, 0.2) is 42.6 Å². The van der Waals surface area contributed by atoms with Crippen molar-refractivity contribution in [2.45, 2.75) is 64.6 Å². The number of benzene rings is 2. The Kier molecular flexibility index (Phi) is 5.53. The molecule has 2 aliphatic heterocycles. The number of rotatable bonds is 4. The first-order valence-electron chi connectivity index (χ1n) is 11.2. The van der Waals surface area contributed by atoms with Gasteiger partial charge in [0.2, 0.25) is 0 Å². The molecule has 6 heteroatoms. The number of hydrogen-bond acceptors (Lipinski definition) is 4. The smallest absolute Gasteiger partial charge is 0.257 e. The van der Waals surface area contributed by atoms with Crippen LogP contribution in [0.2, 0.25) is 0 Å². The van der Waals surface area contributed by atoms with Gasteiger partial charge >= 0.3 is 0 Å². The van der Waals surface area contributed by atoms with Crippen molar-refractivity contribution in [2.24, 2.45) is 0 Å². The summed E-state index contributed by atoms with van der Waals surface area (Å²) in [5.41, 5.74) is 4.43. The second kappa shape index (κ2) is 7.93. The van der Waals surface area contributed by atoms with Crippen molar-refractivity contribution in [1.82, 2.24) is 4.90 Å². The van der Waals surface area contributed by atoms with E-state index in [2.05, 4.69) is 68.6 Å². The highest BCUT2D eigenvalue weighted by Crippen LogP contribution is 2.38. The van der Waals surface area contributed by atoms with Crippen molar-refractivity contribution in [2.75, 3.05) is 23.0 Å². The van der Waals surface area contributed by atoms with Gasteiger partial charge in [0.05, 0.1) is 11.3 Å². The van der Waals surface area contributed by atoms with Gasteiger partial charge in [-0.05, 0) is 90.4 Å².